The van der Waals surface area contributed by atoms with Gasteiger partial charge in [-0.2, -0.15) is 0 Å². The minimum absolute atomic E-state index is 0.0377. The van der Waals surface area contributed by atoms with E-state index in [1.54, 1.807) is 11.3 Å². The highest BCUT2D eigenvalue weighted by Crippen LogP contribution is 2.31. The van der Waals surface area contributed by atoms with Gasteiger partial charge in [0.15, 0.2) is 0 Å². The van der Waals surface area contributed by atoms with Crippen molar-refractivity contribution in [3.05, 3.63) is 40.3 Å². The highest BCUT2D eigenvalue weighted by Gasteiger charge is 2.27. The summed E-state index contributed by atoms with van der Waals surface area (Å²) in [7, 11) is 0. The van der Waals surface area contributed by atoms with Crippen LogP contribution >= 0.6 is 11.3 Å². The Balaban J connectivity index is 1.48. The van der Waals surface area contributed by atoms with E-state index in [1.165, 1.54) is 10.6 Å². The maximum absolute atomic E-state index is 12.8. The quantitative estimate of drug-likeness (QED) is 0.931. The number of aromatic nitrogens is 1. The monoisotopic (exact) mass is 343 g/mol. The van der Waals surface area contributed by atoms with E-state index in [9.17, 15) is 4.79 Å². The predicted octanol–water partition coefficient (Wildman–Crippen LogP) is 2.72. The largest absolute Gasteiger partial charge is 0.378 e. The number of ether oxygens (including phenoxy) is 1. The number of rotatable bonds is 3. The molecule has 1 amide bonds. The summed E-state index contributed by atoms with van der Waals surface area (Å²) < 4.78 is 5.43. The van der Waals surface area contributed by atoms with Crippen LogP contribution in [-0.2, 0) is 22.4 Å². The van der Waals surface area contributed by atoms with Crippen LogP contribution in [-0.4, -0.2) is 37.2 Å². The number of amides is 1. The molecule has 2 aliphatic rings. The Hall–Kier alpha value is -1.92. The summed E-state index contributed by atoms with van der Waals surface area (Å²) in [6, 6.07) is 8.05. The van der Waals surface area contributed by atoms with Gasteiger partial charge >= 0.3 is 0 Å². The number of nitrogens with zero attached hydrogens (tertiary/aromatic N) is 2. The minimum Gasteiger partial charge on any atom is -0.378 e. The molecular weight excluding hydrogens is 322 g/mol. The molecule has 0 saturated carbocycles. The summed E-state index contributed by atoms with van der Waals surface area (Å²) in [6.45, 7) is 3.19. The number of carbonyl (C=O) groups is 1. The first-order chi connectivity index (χ1) is 11.8. The molecule has 1 aromatic heterocycles. The SMILES string of the molecule is O=C(Nc1ccccc1N1CCOCC1)C1CCc2ncsc2C1. The molecule has 0 spiro atoms. The number of hydrogen-bond acceptors (Lipinski definition) is 5. The molecule has 6 heteroatoms. The van der Waals surface area contributed by atoms with E-state index >= 15 is 0 Å². The molecule has 1 fully saturated rings. The third kappa shape index (κ3) is 3.16. The van der Waals surface area contributed by atoms with E-state index in [0.29, 0.717) is 0 Å². The molecule has 24 heavy (non-hydrogen) atoms. The summed E-state index contributed by atoms with van der Waals surface area (Å²) in [5.74, 6) is 0.158. The molecule has 1 saturated heterocycles. The number of morpholine rings is 1. The van der Waals surface area contributed by atoms with Gasteiger partial charge in [0.05, 0.1) is 35.8 Å². The zero-order valence-corrected chi connectivity index (χ0v) is 14.3. The van der Waals surface area contributed by atoms with Gasteiger partial charge in [-0.1, -0.05) is 12.1 Å². The molecule has 1 unspecified atom stereocenters. The van der Waals surface area contributed by atoms with Gasteiger partial charge in [0.25, 0.3) is 0 Å². The fourth-order valence-electron chi connectivity index (χ4n) is 3.42. The van der Waals surface area contributed by atoms with Crippen molar-refractivity contribution in [3.63, 3.8) is 0 Å². The lowest BCUT2D eigenvalue weighted by Gasteiger charge is -2.31. The van der Waals surface area contributed by atoms with Crippen LogP contribution in [0.1, 0.15) is 17.0 Å². The Labute approximate surface area is 145 Å². The van der Waals surface area contributed by atoms with Crippen molar-refractivity contribution in [3.8, 4) is 0 Å². The van der Waals surface area contributed by atoms with Crippen LogP contribution < -0.4 is 10.2 Å². The molecular formula is C18H21N3O2S. The number of anilines is 2. The Kier molecular flexibility index (Phi) is 4.49. The Morgan fingerprint density at radius 3 is 3.00 bits per heavy atom. The second-order valence-corrected chi connectivity index (χ2v) is 7.21. The van der Waals surface area contributed by atoms with E-state index in [-0.39, 0.29) is 11.8 Å². The van der Waals surface area contributed by atoms with Crippen LogP contribution in [0.25, 0.3) is 0 Å². The van der Waals surface area contributed by atoms with E-state index in [2.05, 4.69) is 21.3 Å². The first-order valence-electron chi connectivity index (χ1n) is 8.45. The molecule has 1 aliphatic carbocycles. The number of carbonyl (C=O) groups excluding carboxylic acids is 1. The smallest absolute Gasteiger partial charge is 0.227 e. The fraction of sp³-hybridized carbons (Fsp3) is 0.444. The zero-order chi connectivity index (χ0) is 16.4. The van der Waals surface area contributed by atoms with Crippen molar-refractivity contribution in [2.75, 3.05) is 36.5 Å². The van der Waals surface area contributed by atoms with E-state index < -0.39 is 0 Å². The van der Waals surface area contributed by atoms with Gasteiger partial charge in [-0.15, -0.1) is 11.3 Å². The van der Waals surface area contributed by atoms with Gasteiger partial charge in [-0.05, 0) is 31.4 Å². The van der Waals surface area contributed by atoms with Crippen molar-refractivity contribution in [1.82, 2.24) is 4.98 Å². The average Bonchev–Trinajstić information content (AvgIpc) is 3.10. The number of benzene rings is 1. The van der Waals surface area contributed by atoms with Gasteiger partial charge in [0.1, 0.15) is 0 Å². The molecule has 1 aromatic carbocycles. The molecule has 2 aromatic rings. The fourth-order valence-corrected chi connectivity index (χ4v) is 4.31. The van der Waals surface area contributed by atoms with Gasteiger partial charge < -0.3 is 15.0 Å². The van der Waals surface area contributed by atoms with Crippen molar-refractivity contribution < 1.29 is 9.53 Å². The highest BCUT2D eigenvalue weighted by molar-refractivity contribution is 7.09. The van der Waals surface area contributed by atoms with Crippen molar-refractivity contribution in [2.45, 2.75) is 19.3 Å². The van der Waals surface area contributed by atoms with Gasteiger partial charge in [-0.3, -0.25) is 4.79 Å². The molecule has 0 radical (unpaired) electrons. The minimum atomic E-state index is 0.0377. The van der Waals surface area contributed by atoms with E-state index in [0.717, 1.165) is 56.9 Å². The lowest BCUT2D eigenvalue weighted by atomic mass is 9.90. The molecule has 126 valence electrons. The van der Waals surface area contributed by atoms with E-state index in [1.807, 2.05) is 23.7 Å². The number of aryl methyl sites for hydroxylation is 1. The number of hydrogen-bond donors (Lipinski definition) is 1. The molecule has 2 heterocycles. The number of para-hydroxylation sites is 2. The van der Waals surface area contributed by atoms with E-state index in [4.69, 9.17) is 4.74 Å². The Bertz CT molecular complexity index is 725. The maximum atomic E-state index is 12.8. The average molecular weight is 343 g/mol. The lowest BCUT2D eigenvalue weighted by molar-refractivity contribution is -0.120. The second kappa shape index (κ2) is 6.91. The van der Waals surface area contributed by atoms with Crippen LogP contribution in [0.15, 0.2) is 29.8 Å². The maximum Gasteiger partial charge on any atom is 0.227 e. The Morgan fingerprint density at radius 1 is 1.29 bits per heavy atom. The molecule has 4 rings (SSSR count). The van der Waals surface area contributed by atoms with Gasteiger partial charge in [0, 0.05) is 23.9 Å². The normalized spacial score (nSPS) is 20.5. The standard InChI is InChI=1S/C18H21N3O2S/c22-18(13-5-6-15-17(11-13)24-12-19-15)20-14-3-1-2-4-16(14)21-7-9-23-10-8-21/h1-4,12-13H,5-11H2,(H,20,22). The van der Waals surface area contributed by atoms with Gasteiger partial charge in [-0.25, -0.2) is 4.98 Å². The summed E-state index contributed by atoms with van der Waals surface area (Å²) in [6.07, 6.45) is 2.59. The summed E-state index contributed by atoms with van der Waals surface area (Å²) >= 11 is 1.67. The first kappa shape index (κ1) is 15.6. The van der Waals surface area contributed by atoms with Crippen molar-refractivity contribution in [2.24, 2.45) is 5.92 Å². The van der Waals surface area contributed by atoms with Crippen LogP contribution in [0, 0.1) is 5.92 Å². The van der Waals surface area contributed by atoms with Crippen LogP contribution in [0.3, 0.4) is 0 Å². The molecule has 1 aliphatic heterocycles. The topological polar surface area (TPSA) is 54.5 Å². The lowest BCUT2D eigenvalue weighted by Crippen LogP contribution is -2.37. The molecule has 1 N–H and O–H groups in total. The third-order valence-electron chi connectivity index (χ3n) is 4.77. The zero-order valence-electron chi connectivity index (χ0n) is 13.5. The first-order valence-corrected chi connectivity index (χ1v) is 9.33. The van der Waals surface area contributed by atoms with Gasteiger partial charge in [0.2, 0.25) is 5.91 Å². The predicted molar refractivity (Wildman–Crippen MR) is 95.7 cm³/mol. The van der Waals surface area contributed by atoms with Crippen molar-refractivity contribution >= 4 is 28.6 Å². The van der Waals surface area contributed by atoms with Crippen LogP contribution in [0.5, 0.6) is 0 Å². The molecule has 5 nitrogen and oxygen atoms in total. The number of thiazole rings is 1. The summed E-state index contributed by atoms with van der Waals surface area (Å²) in [5, 5.41) is 3.16. The molecule has 1 atom stereocenters. The molecule has 0 bridgehead atoms. The summed E-state index contributed by atoms with van der Waals surface area (Å²) in [4.78, 5) is 20.7. The van der Waals surface area contributed by atoms with Crippen molar-refractivity contribution in [1.29, 1.82) is 0 Å². The second-order valence-electron chi connectivity index (χ2n) is 6.27. The summed E-state index contributed by atoms with van der Waals surface area (Å²) in [5.41, 5.74) is 5.05. The Morgan fingerprint density at radius 2 is 2.12 bits per heavy atom. The number of nitrogens with one attached hydrogen (secondary N) is 1. The van der Waals surface area contributed by atoms with Crippen LogP contribution in [0.2, 0.25) is 0 Å². The third-order valence-corrected chi connectivity index (χ3v) is 5.67. The number of fused-ring (bicyclic) bond motifs is 1. The van der Waals surface area contributed by atoms with Crippen LogP contribution in [0.4, 0.5) is 11.4 Å². The highest BCUT2D eigenvalue weighted by atomic mass is 32.1.